The molecule has 1 aromatic heterocycles. The molecule has 3 fully saturated rings. The second-order valence-electron chi connectivity index (χ2n) is 7.48. The van der Waals surface area contributed by atoms with Crippen LogP contribution in [0.15, 0.2) is 4.99 Å². The molecule has 4 unspecified atom stereocenters. The van der Waals surface area contributed by atoms with Crippen molar-refractivity contribution in [3.8, 4) is 0 Å². The Hall–Kier alpha value is -0.900. The molecule has 4 atom stereocenters. The maximum absolute atomic E-state index is 6.09. The molecule has 5 heterocycles. The summed E-state index contributed by atoms with van der Waals surface area (Å²) in [5.74, 6) is 4.55. The second-order valence-corrected chi connectivity index (χ2v) is 7.48. The number of likely N-dealkylation sites (tertiary alicyclic amines) is 1. The van der Waals surface area contributed by atoms with Crippen molar-refractivity contribution in [2.45, 2.75) is 57.9 Å². The fourth-order valence-electron chi connectivity index (χ4n) is 5.03. The first kappa shape index (κ1) is 17.5. The Morgan fingerprint density at radius 2 is 2.00 bits per heavy atom. The van der Waals surface area contributed by atoms with E-state index in [4.69, 9.17) is 9.73 Å². The first-order valence-electron chi connectivity index (χ1n) is 9.43. The van der Waals surface area contributed by atoms with Gasteiger partial charge in [-0.3, -0.25) is 0 Å². The minimum Gasteiger partial charge on any atom is -0.374 e. The highest BCUT2D eigenvalue weighted by Gasteiger charge is 2.53. The molecular formula is C17H27IN6O. The molecule has 0 aromatic carbocycles. The standard InChI is InChI=1S/C17H26N6O.HI/c1-2-18-17(19-8-16-21-20-15-4-3-7-23(15)16)22-9-11-12(10-22)14-6-5-13(11)24-14;/h11-14H,2-10H2,1H3,(H,18,19);1H. The zero-order chi connectivity index (χ0) is 16.1. The Kier molecular flexibility index (Phi) is 4.91. The molecule has 8 heteroatoms. The van der Waals surface area contributed by atoms with E-state index in [2.05, 4.69) is 31.9 Å². The summed E-state index contributed by atoms with van der Waals surface area (Å²) in [5, 5.41) is 12.1. The number of fused-ring (bicyclic) bond motifs is 6. The maximum Gasteiger partial charge on any atom is 0.194 e. The monoisotopic (exact) mass is 458 g/mol. The number of hydrogen-bond donors (Lipinski definition) is 1. The number of halogens is 1. The number of aliphatic imine (C=N–C) groups is 1. The van der Waals surface area contributed by atoms with Crippen LogP contribution in [0.25, 0.3) is 0 Å². The quantitative estimate of drug-likeness (QED) is 0.422. The number of hydrogen-bond acceptors (Lipinski definition) is 4. The van der Waals surface area contributed by atoms with Crippen molar-refractivity contribution in [3.63, 3.8) is 0 Å². The molecule has 0 saturated carbocycles. The van der Waals surface area contributed by atoms with Crippen molar-refractivity contribution < 1.29 is 4.74 Å². The Morgan fingerprint density at radius 3 is 2.72 bits per heavy atom. The third-order valence-corrected chi connectivity index (χ3v) is 6.14. The van der Waals surface area contributed by atoms with Crippen molar-refractivity contribution in [1.29, 1.82) is 0 Å². The Bertz CT molecular complexity index is 644. The van der Waals surface area contributed by atoms with Crippen LogP contribution in [0.4, 0.5) is 0 Å². The van der Waals surface area contributed by atoms with Gasteiger partial charge in [0.15, 0.2) is 11.8 Å². The lowest BCUT2D eigenvalue weighted by Crippen LogP contribution is -2.41. The molecule has 0 radical (unpaired) electrons. The van der Waals surface area contributed by atoms with Crippen molar-refractivity contribution in [3.05, 3.63) is 11.6 Å². The van der Waals surface area contributed by atoms with Crippen LogP contribution in [0.3, 0.4) is 0 Å². The van der Waals surface area contributed by atoms with Crippen LogP contribution in [-0.4, -0.2) is 57.5 Å². The predicted octanol–water partition coefficient (Wildman–Crippen LogP) is 1.42. The molecule has 4 aliphatic rings. The van der Waals surface area contributed by atoms with E-state index >= 15 is 0 Å². The molecule has 138 valence electrons. The van der Waals surface area contributed by atoms with Crippen LogP contribution in [-0.2, 0) is 24.2 Å². The topological polar surface area (TPSA) is 67.6 Å². The highest BCUT2D eigenvalue weighted by molar-refractivity contribution is 14.0. The molecular weight excluding hydrogens is 431 g/mol. The summed E-state index contributed by atoms with van der Waals surface area (Å²) >= 11 is 0. The summed E-state index contributed by atoms with van der Waals surface area (Å²) in [5.41, 5.74) is 0. The smallest absolute Gasteiger partial charge is 0.194 e. The third kappa shape index (κ3) is 2.94. The fraction of sp³-hybridized carbons (Fsp3) is 0.824. The largest absolute Gasteiger partial charge is 0.374 e. The van der Waals surface area contributed by atoms with E-state index in [0.717, 1.165) is 50.2 Å². The van der Waals surface area contributed by atoms with E-state index in [-0.39, 0.29) is 24.0 Å². The van der Waals surface area contributed by atoms with E-state index in [1.165, 1.54) is 19.3 Å². The number of nitrogens with zero attached hydrogens (tertiary/aromatic N) is 5. The van der Waals surface area contributed by atoms with E-state index in [1.807, 2.05) is 0 Å². The Balaban J connectivity index is 0.00000157. The number of aromatic nitrogens is 3. The van der Waals surface area contributed by atoms with E-state index in [0.29, 0.717) is 30.6 Å². The maximum atomic E-state index is 6.09. The first-order valence-corrected chi connectivity index (χ1v) is 9.43. The van der Waals surface area contributed by atoms with Gasteiger partial charge in [-0.2, -0.15) is 0 Å². The summed E-state index contributed by atoms with van der Waals surface area (Å²) in [6, 6.07) is 0. The number of nitrogens with one attached hydrogen (secondary N) is 1. The van der Waals surface area contributed by atoms with Gasteiger partial charge in [0.2, 0.25) is 0 Å². The number of aryl methyl sites for hydroxylation is 1. The van der Waals surface area contributed by atoms with Crippen molar-refractivity contribution in [2.75, 3.05) is 19.6 Å². The van der Waals surface area contributed by atoms with Crippen molar-refractivity contribution in [1.82, 2.24) is 25.0 Å². The molecule has 2 bridgehead atoms. The minimum absolute atomic E-state index is 0. The van der Waals surface area contributed by atoms with Gasteiger partial charge in [0.25, 0.3) is 0 Å². The van der Waals surface area contributed by atoms with Crippen LogP contribution < -0.4 is 5.32 Å². The summed E-state index contributed by atoms with van der Waals surface area (Å²) in [4.78, 5) is 7.32. The molecule has 0 spiro atoms. The molecule has 0 amide bonds. The molecule has 7 nitrogen and oxygen atoms in total. The average molecular weight is 458 g/mol. The number of ether oxygens (including phenoxy) is 1. The lowest BCUT2D eigenvalue weighted by Gasteiger charge is -2.23. The Labute approximate surface area is 165 Å². The molecule has 1 N–H and O–H groups in total. The van der Waals surface area contributed by atoms with Crippen molar-refractivity contribution >= 4 is 29.9 Å². The van der Waals surface area contributed by atoms with Gasteiger partial charge in [0.1, 0.15) is 12.4 Å². The normalized spacial score (nSPS) is 32.7. The molecule has 1 aromatic rings. The predicted molar refractivity (Wildman–Crippen MR) is 105 cm³/mol. The highest BCUT2D eigenvalue weighted by atomic mass is 127. The van der Waals surface area contributed by atoms with Crippen LogP contribution in [0.5, 0.6) is 0 Å². The van der Waals surface area contributed by atoms with Crippen LogP contribution in [0, 0.1) is 11.8 Å². The van der Waals surface area contributed by atoms with E-state index in [1.54, 1.807) is 0 Å². The van der Waals surface area contributed by atoms with Gasteiger partial charge in [0, 0.05) is 44.4 Å². The fourth-order valence-corrected chi connectivity index (χ4v) is 5.03. The van der Waals surface area contributed by atoms with Gasteiger partial charge in [-0.1, -0.05) is 0 Å². The molecule has 4 aliphatic heterocycles. The molecule has 3 saturated heterocycles. The highest BCUT2D eigenvalue weighted by Crippen LogP contribution is 2.47. The number of guanidine groups is 1. The van der Waals surface area contributed by atoms with Gasteiger partial charge in [-0.05, 0) is 26.2 Å². The lowest BCUT2D eigenvalue weighted by atomic mass is 9.82. The first-order chi connectivity index (χ1) is 11.8. The van der Waals surface area contributed by atoms with Crippen LogP contribution in [0.1, 0.15) is 37.8 Å². The van der Waals surface area contributed by atoms with Crippen molar-refractivity contribution in [2.24, 2.45) is 16.8 Å². The SMILES string of the molecule is CCNC(=NCc1nnc2n1CCC2)N1CC2C3CCC(O3)C2C1.I. The average Bonchev–Trinajstić information content (AvgIpc) is 3.37. The van der Waals surface area contributed by atoms with Crippen LogP contribution >= 0.6 is 24.0 Å². The number of rotatable bonds is 3. The summed E-state index contributed by atoms with van der Waals surface area (Å²) in [6.45, 7) is 6.84. The van der Waals surface area contributed by atoms with E-state index in [9.17, 15) is 0 Å². The summed E-state index contributed by atoms with van der Waals surface area (Å²) < 4.78 is 8.32. The zero-order valence-electron chi connectivity index (χ0n) is 14.7. The summed E-state index contributed by atoms with van der Waals surface area (Å²) in [7, 11) is 0. The molecule has 0 aliphatic carbocycles. The van der Waals surface area contributed by atoms with E-state index < -0.39 is 0 Å². The zero-order valence-corrected chi connectivity index (χ0v) is 17.1. The minimum atomic E-state index is 0. The second kappa shape index (κ2) is 7.02. The molecule has 5 rings (SSSR count). The van der Waals surface area contributed by atoms with Gasteiger partial charge in [-0.15, -0.1) is 34.2 Å². The lowest BCUT2D eigenvalue weighted by molar-refractivity contribution is 0.0767. The molecule has 25 heavy (non-hydrogen) atoms. The van der Waals surface area contributed by atoms with Gasteiger partial charge in [0.05, 0.1) is 12.2 Å². The Morgan fingerprint density at radius 1 is 1.24 bits per heavy atom. The third-order valence-electron chi connectivity index (χ3n) is 6.14. The van der Waals surface area contributed by atoms with Crippen LogP contribution in [0.2, 0.25) is 0 Å². The van der Waals surface area contributed by atoms with Gasteiger partial charge in [-0.25, -0.2) is 4.99 Å². The summed E-state index contributed by atoms with van der Waals surface area (Å²) in [6.07, 6.45) is 5.72. The van der Waals surface area contributed by atoms with Gasteiger partial charge >= 0.3 is 0 Å². The van der Waals surface area contributed by atoms with Gasteiger partial charge < -0.3 is 19.5 Å².